The molecule has 4 atom stereocenters. The number of carbonyl (C=O) groups excluding carboxylic acids is 1. The van der Waals surface area contributed by atoms with Gasteiger partial charge in [0.05, 0.1) is 18.2 Å². The highest BCUT2D eigenvalue weighted by Crippen LogP contribution is 2.30. The fourth-order valence-electron chi connectivity index (χ4n) is 3.34. The van der Waals surface area contributed by atoms with E-state index in [4.69, 9.17) is 9.47 Å². The Bertz CT molecular complexity index is 450. The van der Waals surface area contributed by atoms with Crippen molar-refractivity contribution in [3.8, 4) is 0 Å². The first-order valence-corrected chi connectivity index (χ1v) is 7.85. The van der Waals surface area contributed by atoms with Gasteiger partial charge in [0.15, 0.2) is 5.60 Å². The number of methoxy groups -OCH3 is 1. The molecule has 0 spiro atoms. The first-order valence-electron chi connectivity index (χ1n) is 7.85. The lowest BCUT2D eigenvalue weighted by molar-refractivity contribution is -0.186. The summed E-state index contributed by atoms with van der Waals surface area (Å²) in [4.78, 5) is 14.5. The van der Waals surface area contributed by atoms with Gasteiger partial charge in [-0.25, -0.2) is 4.79 Å². The Morgan fingerprint density at radius 1 is 1.50 bits per heavy atom. The zero-order chi connectivity index (χ0) is 16.5. The second-order valence-electron chi connectivity index (χ2n) is 6.51. The van der Waals surface area contributed by atoms with Gasteiger partial charge in [0.1, 0.15) is 6.61 Å². The molecule has 2 N–H and O–H groups in total. The third kappa shape index (κ3) is 2.93. The van der Waals surface area contributed by atoms with Gasteiger partial charge in [0.25, 0.3) is 0 Å². The van der Waals surface area contributed by atoms with Crippen LogP contribution in [0.3, 0.4) is 0 Å². The molecule has 2 heterocycles. The lowest BCUT2D eigenvalue weighted by atomic mass is 9.85. The molecule has 1 saturated heterocycles. The van der Waals surface area contributed by atoms with Gasteiger partial charge < -0.3 is 19.7 Å². The van der Waals surface area contributed by atoms with Crippen LogP contribution in [0.5, 0.6) is 0 Å². The Kier molecular flexibility index (Phi) is 5.27. The summed E-state index contributed by atoms with van der Waals surface area (Å²) in [5.41, 5.74) is -0.767. The van der Waals surface area contributed by atoms with Crippen molar-refractivity contribution >= 4 is 5.97 Å². The normalized spacial score (nSPS) is 29.1. The van der Waals surface area contributed by atoms with Gasteiger partial charge in [0, 0.05) is 20.2 Å². The van der Waals surface area contributed by atoms with E-state index in [1.54, 1.807) is 20.8 Å². The molecule has 0 aliphatic carbocycles. The maximum absolute atomic E-state index is 12.4. The Balaban J connectivity index is 2.00. The number of hydrogen-bond acceptors (Lipinski definition) is 6. The number of hydrogen-bond donors (Lipinski definition) is 2. The first-order chi connectivity index (χ1) is 10.3. The van der Waals surface area contributed by atoms with Crippen LogP contribution in [0.15, 0.2) is 11.6 Å². The summed E-state index contributed by atoms with van der Waals surface area (Å²) in [6, 6.07) is -0.0557. The van der Waals surface area contributed by atoms with Gasteiger partial charge in [-0.1, -0.05) is 19.9 Å². The van der Waals surface area contributed by atoms with Gasteiger partial charge in [-0.15, -0.1) is 0 Å². The summed E-state index contributed by atoms with van der Waals surface area (Å²) in [6.45, 7) is 6.90. The lowest BCUT2D eigenvalue weighted by Crippen LogP contribution is -2.54. The van der Waals surface area contributed by atoms with Crippen molar-refractivity contribution in [1.29, 1.82) is 0 Å². The first kappa shape index (κ1) is 17.4. The predicted octanol–water partition coefficient (Wildman–Crippen LogP) is 0.327. The summed E-state index contributed by atoms with van der Waals surface area (Å²) >= 11 is 0. The molecule has 2 aliphatic rings. The summed E-state index contributed by atoms with van der Waals surface area (Å²) in [7, 11) is 1.46. The van der Waals surface area contributed by atoms with E-state index in [1.165, 1.54) is 7.11 Å². The zero-order valence-corrected chi connectivity index (χ0v) is 13.8. The van der Waals surface area contributed by atoms with Crippen molar-refractivity contribution in [2.75, 3.05) is 26.8 Å². The Morgan fingerprint density at radius 2 is 2.18 bits per heavy atom. The van der Waals surface area contributed by atoms with E-state index >= 15 is 0 Å². The summed E-state index contributed by atoms with van der Waals surface area (Å²) in [5, 5.41) is 20.7. The largest absolute Gasteiger partial charge is 0.459 e. The van der Waals surface area contributed by atoms with Crippen LogP contribution in [0.1, 0.15) is 27.2 Å². The van der Waals surface area contributed by atoms with Crippen LogP contribution in [0, 0.1) is 5.92 Å². The smallest absolute Gasteiger partial charge is 0.341 e. The van der Waals surface area contributed by atoms with Crippen LogP contribution in [0.4, 0.5) is 0 Å². The fourth-order valence-corrected chi connectivity index (χ4v) is 3.34. The molecule has 1 fully saturated rings. The Morgan fingerprint density at radius 3 is 2.77 bits per heavy atom. The predicted molar refractivity (Wildman–Crippen MR) is 81.3 cm³/mol. The Labute approximate surface area is 131 Å². The van der Waals surface area contributed by atoms with Crippen LogP contribution in [-0.2, 0) is 14.3 Å². The van der Waals surface area contributed by atoms with E-state index in [0.29, 0.717) is 0 Å². The molecule has 0 radical (unpaired) electrons. The van der Waals surface area contributed by atoms with Gasteiger partial charge >= 0.3 is 5.97 Å². The maximum atomic E-state index is 12.4. The van der Waals surface area contributed by atoms with E-state index in [2.05, 4.69) is 4.90 Å². The molecular weight excluding hydrogens is 286 g/mol. The molecule has 0 amide bonds. The van der Waals surface area contributed by atoms with E-state index < -0.39 is 23.8 Å². The van der Waals surface area contributed by atoms with Crippen LogP contribution < -0.4 is 0 Å². The monoisotopic (exact) mass is 313 g/mol. The molecule has 126 valence electrons. The standard InChI is InChI=1S/C16H27NO5/c1-10(2)16(20,11(3)21-4)15(19)22-9-12-5-7-17-8-6-13(18)14(12)17/h5,10-11,13-14,18,20H,6-9H2,1-4H3/t11-,13?,14?,16-/m0/s1. The zero-order valence-electron chi connectivity index (χ0n) is 13.8. The number of carbonyl (C=O) groups is 1. The van der Waals surface area contributed by atoms with Crippen molar-refractivity contribution in [1.82, 2.24) is 4.90 Å². The third-order valence-corrected chi connectivity index (χ3v) is 4.99. The lowest BCUT2D eigenvalue weighted by Gasteiger charge is -2.34. The van der Waals surface area contributed by atoms with Crippen molar-refractivity contribution in [3.63, 3.8) is 0 Å². The van der Waals surface area contributed by atoms with Gasteiger partial charge in [0.2, 0.25) is 0 Å². The highest BCUT2D eigenvalue weighted by Gasteiger charge is 2.47. The number of nitrogens with zero attached hydrogens (tertiary/aromatic N) is 1. The average Bonchev–Trinajstić information content (AvgIpc) is 3.06. The van der Waals surface area contributed by atoms with E-state index in [0.717, 1.165) is 25.1 Å². The minimum Gasteiger partial charge on any atom is -0.459 e. The molecule has 0 aromatic rings. The molecule has 0 saturated carbocycles. The van der Waals surface area contributed by atoms with Gasteiger partial charge in [-0.05, 0) is 24.8 Å². The highest BCUT2D eigenvalue weighted by atomic mass is 16.6. The number of fused-ring (bicyclic) bond motifs is 1. The average molecular weight is 313 g/mol. The topological polar surface area (TPSA) is 79.2 Å². The van der Waals surface area contributed by atoms with E-state index in [1.807, 2.05) is 6.08 Å². The number of esters is 1. The Hall–Kier alpha value is -0.950. The second kappa shape index (κ2) is 6.66. The molecule has 22 heavy (non-hydrogen) atoms. The van der Waals surface area contributed by atoms with Crippen LogP contribution >= 0.6 is 0 Å². The number of rotatable bonds is 6. The third-order valence-electron chi connectivity index (χ3n) is 4.99. The number of aliphatic hydroxyl groups is 2. The van der Waals surface area contributed by atoms with Gasteiger partial charge in [-0.3, -0.25) is 4.90 Å². The summed E-state index contributed by atoms with van der Waals surface area (Å²) in [6.07, 6.45) is 1.67. The van der Waals surface area contributed by atoms with Crippen LogP contribution in [-0.4, -0.2) is 71.7 Å². The van der Waals surface area contributed by atoms with Crippen LogP contribution in [0.2, 0.25) is 0 Å². The van der Waals surface area contributed by atoms with Crippen molar-refractivity contribution < 1.29 is 24.5 Å². The fraction of sp³-hybridized carbons (Fsp3) is 0.812. The molecule has 2 aliphatic heterocycles. The molecule has 0 bridgehead atoms. The molecule has 2 rings (SSSR count). The molecule has 6 nitrogen and oxygen atoms in total. The molecular formula is C16H27NO5. The minimum atomic E-state index is -1.68. The summed E-state index contributed by atoms with van der Waals surface area (Å²) < 4.78 is 10.5. The van der Waals surface area contributed by atoms with E-state index in [9.17, 15) is 15.0 Å². The van der Waals surface area contributed by atoms with Crippen molar-refractivity contribution in [3.05, 3.63) is 11.6 Å². The van der Waals surface area contributed by atoms with Gasteiger partial charge in [-0.2, -0.15) is 0 Å². The molecule has 2 unspecified atom stereocenters. The van der Waals surface area contributed by atoms with Crippen molar-refractivity contribution in [2.45, 2.75) is 51.0 Å². The highest BCUT2D eigenvalue weighted by molar-refractivity contribution is 5.80. The van der Waals surface area contributed by atoms with Crippen molar-refractivity contribution in [2.24, 2.45) is 5.92 Å². The second-order valence-corrected chi connectivity index (χ2v) is 6.51. The van der Waals surface area contributed by atoms with E-state index in [-0.39, 0.29) is 18.6 Å². The number of ether oxygens (including phenoxy) is 2. The minimum absolute atomic E-state index is 0.0557. The SMILES string of the molecule is CO[C@@H](C)[C@](O)(C(=O)OCC1=CCN2CCC(O)C12)C(C)C. The summed E-state index contributed by atoms with van der Waals surface area (Å²) in [5.74, 6) is -1.01. The molecule has 0 aromatic carbocycles. The molecule has 6 heteroatoms. The maximum Gasteiger partial charge on any atom is 0.341 e. The van der Waals surface area contributed by atoms with Crippen LogP contribution in [0.25, 0.3) is 0 Å². The quantitative estimate of drug-likeness (QED) is 0.543. The number of aliphatic hydroxyl groups excluding tert-OH is 1. The molecule has 0 aromatic heterocycles.